The first-order valence-corrected chi connectivity index (χ1v) is 6.43. The lowest BCUT2D eigenvalue weighted by molar-refractivity contribution is -0.270. The van der Waals surface area contributed by atoms with Crippen LogP contribution in [0.5, 0.6) is 0 Å². The number of aliphatic hydroxyl groups is 3. The Balaban J connectivity index is 2.22. The number of rotatable bonds is 7. The number of aliphatic hydroxyl groups excluding tert-OH is 3. The van der Waals surface area contributed by atoms with Gasteiger partial charge in [0.15, 0.2) is 6.29 Å². The van der Waals surface area contributed by atoms with Crippen LogP contribution in [0, 0.1) is 0 Å². The van der Waals surface area contributed by atoms with Crippen molar-refractivity contribution in [3.8, 4) is 0 Å². The molecule has 102 valence electrons. The number of ether oxygens (including phenoxy) is 2. The molecule has 5 heteroatoms. The molecule has 1 rings (SSSR count). The van der Waals surface area contributed by atoms with Gasteiger partial charge in [-0.05, 0) is 6.42 Å². The van der Waals surface area contributed by atoms with E-state index >= 15 is 0 Å². The number of hydrogen-bond acceptors (Lipinski definition) is 5. The van der Waals surface area contributed by atoms with Crippen LogP contribution >= 0.6 is 0 Å². The smallest absolute Gasteiger partial charge is 0.184 e. The molecule has 1 heterocycles. The summed E-state index contributed by atoms with van der Waals surface area (Å²) in [7, 11) is 0. The van der Waals surface area contributed by atoms with Gasteiger partial charge in [-0.3, -0.25) is 0 Å². The highest BCUT2D eigenvalue weighted by molar-refractivity contribution is 4.80. The monoisotopic (exact) mass is 248 g/mol. The van der Waals surface area contributed by atoms with Crippen LogP contribution < -0.4 is 0 Å². The van der Waals surface area contributed by atoms with E-state index in [-0.39, 0.29) is 13.0 Å². The summed E-state index contributed by atoms with van der Waals surface area (Å²) in [5, 5.41) is 28.1. The zero-order chi connectivity index (χ0) is 12.7. The van der Waals surface area contributed by atoms with Crippen molar-refractivity contribution in [3.63, 3.8) is 0 Å². The summed E-state index contributed by atoms with van der Waals surface area (Å²) in [6.07, 6.45) is 1.55. The van der Waals surface area contributed by atoms with Crippen molar-refractivity contribution in [3.05, 3.63) is 0 Å². The molecule has 1 aliphatic heterocycles. The Kier molecular flexibility index (Phi) is 6.99. The van der Waals surface area contributed by atoms with E-state index in [1.54, 1.807) is 0 Å². The third kappa shape index (κ3) is 4.89. The predicted octanol–water partition coefficient (Wildman–Crippen LogP) is 0.412. The molecule has 0 bridgehead atoms. The second kappa shape index (κ2) is 8.00. The first-order valence-electron chi connectivity index (χ1n) is 6.43. The molecule has 5 nitrogen and oxygen atoms in total. The molecular weight excluding hydrogens is 224 g/mol. The van der Waals surface area contributed by atoms with E-state index in [2.05, 4.69) is 6.92 Å². The fraction of sp³-hybridized carbons (Fsp3) is 1.00. The Morgan fingerprint density at radius 3 is 2.59 bits per heavy atom. The summed E-state index contributed by atoms with van der Waals surface area (Å²) in [6, 6.07) is 0. The highest BCUT2D eigenvalue weighted by Gasteiger charge is 2.36. The highest BCUT2D eigenvalue weighted by Crippen LogP contribution is 2.21. The maximum absolute atomic E-state index is 9.66. The number of unbranched alkanes of at least 4 members (excludes halogenated alkanes) is 3. The minimum atomic E-state index is -0.824. The Hall–Kier alpha value is -0.200. The Morgan fingerprint density at radius 1 is 1.18 bits per heavy atom. The molecule has 0 aliphatic carbocycles. The van der Waals surface area contributed by atoms with Crippen LogP contribution in [0.2, 0.25) is 0 Å². The standard InChI is InChI=1S/C12H24O5/c1-2-3-4-5-6-16-12-10(15)7-9(14)11(8-13)17-12/h9-15H,2-8H2,1H3. The fourth-order valence-electron chi connectivity index (χ4n) is 1.91. The van der Waals surface area contributed by atoms with Gasteiger partial charge in [0.25, 0.3) is 0 Å². The predicted molar refractivity (Wildman–Crippen MR) is 62.5 cm³/mol. The van der Waals surface area contributed by atoms with Gasteiger partial charge >= 0.3 is 0 Å². The average Bonchev–Trinajstić information content (AvgIpc) is 2.31. The maximum Gasteiger partial charge on any atom is 0.184 e. The van der Waals surface area contributed by atoms with Crippen molar-refractivity contribution in [2.45, 2.75) is 63.6 Å². The van der Waals surface area contributed by atoms with Crippen LogP contribution in [0.4, 0.5) is 0 Å². The Labute approximate surface area is 102 Å². The second-order valence-corrected chi connectivity index (χ2v) is 4.53. The molecule has 1 saturated heterocycles. The first-order chi connectivity index (χ1) is 8.19. The van der Waals surface area contributed by atoms with Crippen LogP contribution in [-0.2, 0) is 9.47 Å². The van der Waals surface area contributed by atoms with Crippen molar-refractivity contribution in [2.75, 3.05) is 13.2 Å². The summed E-state index contributed by atoms with van der Waals surface area (Å²) in [5.74, 6) is 0. The van der Waals surface area contributed by atoms with E-state index in [4.69, 9.17) is 14.6 Å². The van der Waals surface area contributed by atoms with E-state index in [0.717, 1.165) is 12.8 Å². The summed E-state index contributed by atoms with van der Waals surface area (Å²) in [5.41, 5.74) is 0. The quantitative estimate of drug-likeness (QED) is 0.569. The molecule has 4 atom stereocenters. The highest BCUT2D eigenvalue weighted by atomic mass is 16.7. The van der Waals surface area contributed by atoms with Crippen LogP contribution in [0.15, 0.2) is 0 Å². The van der Waals surface area contributed by atoms with Gasteiger partial charge < -0.3 is 24.8 Å². The molecule has 0 radical (unpaired) electrons. The molecule has 0 spiro atoms. The van der Waals surface area contributed by atoms with Gasteiger partial charge in [0, 0.05) is 13.0 Å². The topological polar surface area (TPSA) is 79.2 Å². The third-order valence-corrected chi connectivity index (χ3v) is 3.00. The second-order valence-electron chi connectivity index (χ2n) is 4.53. The van der Waals surface area contributed by atoms with E-state index < -0.39 is 24.6 Å². The summed E-state index contributed by atoms with van der Waals surface area (Å²) in [4.78, 5) is 0. The molecule has 1 fully saturated rings. The zero-order valence-corrected chi connectivity index (χ0v) is 10.4. The number of hydrogen-bond donors (Lipinski definition) is 3. The van der Waals surface area contributed by atoms with Gasteiger partial charge in [-0.15, -0.1) is 0 Å². The van der Waals surface area contributed by atoms with Gasteiger partial charge in [0.1, 0.15) is 12.2 Å². The molecule has 0 aromatic carbocycles. The Morgan fingerprint density at radius 2 is 1.94 bits per heavy atom. The van der Waals surface area contributed by atoms with Crippen LogP contribution in [0.3, 0.4) is 0 Å². The average molecular weight is 248 g/mol. The van der Waals surface area contributed by atoms with E-state index in [0.29, 0.717) is 6.61 Å². The molecule has 0 aromatic heterocycles. The van der Waals surface area contributed by atoms with Crippen LogP contribution in [0.1, 0.15) is 39.0 Å². The summed E-state index contributed by atoms with van der Waals surface area (Å²) in [6.45, 7) is 2.42. The van der Waals surface area contributed by atoms with E-state index in [1.165, 1.54) is 12.8 Å². The molecule has 17 heavy (non-hydrogen) atoms. The van der Waals surface area contributed by atoms with Gasteiger partial charge in [-0.25, -0.2) is 0 Å². The van der Waals surface area contributed by atoms with E-state index in [1.807, 2.05) is 0 Å². The first kappa shape index (κ1) is 14.9. The zero-order valence-electron chi connectivity index (χ0n) is 10.4. The normalized spacial score (nSPS) is 33.9. The summed E-state index contributed by atoms with van der Waals surface area (Å²) < 4.78 is 10.7. The van der Waals surface area contributed by atoms with Gasteiger partial charge in [0.2, 0.25) is 0 Å². The third-order valence-electron chi connectivity index (χ3n) is 3.00. The largest absolute Gasteiger partial charge is 0.394 e. The lowest BCUT2D eigenvalue weighted by atomic mass is 10.0. The van der Waals surface area contributed by atoms with Crippen molar-refractivity contribution in [1.29, 1.82) is 0 Å². The van der Waals surface area contributed by atoms with Crippen molar-refractivity contribution >= 4 is 0 Å². The lowest BCUT2D eigenvalue weighted by Gasteiger charge is -2.36. The molecular formula is C12H24O5. The molecule has 1 aliphatic rings. The van der Waals surface area contributed by atoms with Crippen LogP contribution in [0.25, 0.3) is 0 Å². The van der Waals surface area contributed by atoms with Crippen molar-refractivity contribution in [2.24, 2.45) is 0 Å². The minimum Gasteiger partial charge on any atom is -0.394 e. The molecule has 0 aromatic rings. The molecule has 3 N–H and O–H groups in total. The molecule has 0 saturated carbocycles. The molecule has 4 unspecified atom stereocenters. The lowest BCUT2D eigenvalue weighted by Crippen LogP contribution is -2.49. The minimum absolute atomic E-state index is 0.185. The Bertz CT molecular complexity index is 199. The van der Waals surface area contributed by atoms with Gasteiger partial charge in [-0.1, -0.05) is 26.2 Å². The van der Waals surface area contributed by atoms with Crippen molar-refractivity contribution < 1.29 is 24.8 Å². The SMILES string of the molecule is CCCCCCOC1OC(CO)C(O)CC1O. The van der Waals surface area contributed by atoms with Gasteiger partial charge in [-0.2, -0.15) is 0 Å². The van der Waals surface area contributed by atoms with Crippen molar-refractivity contribution in [1.82, 2.24) is 0 Å². The van der Waals surface area contributed by atoms with Gasteiger partial charge in [0.05, 0.1) is 12.7 Å². The van der Waals surface area contributed by atoms with Crippen LogP contribution in [-0.4, -0.2) is 53.1 Å². The summed E-state index contributed by atoms with van der Waals surface area (Å²) >= 11 is 0. The fourth-order valence-corrected chi connectivity index (χ4v) is 1.91. The van der Waals surface area contributed by atoms with E-state index in [9.17, 15) is 10.2 Å². The molecule has 0 amide bonds. The maximum atomic E-state index is 9.66.